The Morgan fingerprint density at radius 3 is 2.45 bits per heavy atom. The molecule has 224 valence electrons. The monoisotopic (exact) mass is 582 g/mol. The molecule has 2 aromatic rings. The first-order valence-electron chi connectivity index (χ1n) is 13.8. The standard InChI is InChI=1S/C29H35BN2O10/c1-17(2)13-20(30-40-24(35)15-29(42-30,28(38)39-4)16-25(36)41-30)14-23(34)26(18(3)33)32-27(37)22-12-8-11-21(31-22)19-9-6-5-7-10-19/h5-12,17-18,20,26,33,40H,13-16H2,1-4H3,(H,32,37)/t18-,20-,26+,29-,30?/m1/s1. The molecule has 2 saturated heterocycles. The normalized spacial score (nSPS) is 23.7. The number of carboxylic acids is 1. The Morgan fingerprint density at radius 1 is 1.10 bits per heavy atom. The lowest BCUT2D eigenvalue weighted by Gasteiger charge is -2.55. The van der Waals surface area contributed by atoms with Crippen LogP contribution in [0.25, 0.3) is 11.3 Å². The van der Waals surface area contributed by atoms with Crippen LogP contribution in [0.15, 0.2) is 48.5 Å². The zero-order valence-corrected chi connectivity index (χ0v) is 23.9. The molecule has 3 N–H and O–H groups in total. The Morgan fingerprint density at radius 2 is 1.81 bits per heavy atom. The molecule has 1 aromatic heterocycles. The van der Waals surface area contributed by atoms with Gasteiger partial charge in [-0.05, 0) is 37.2 Å². The zero-order valence-electron chi connectivity index (χ0n) is 23.9. The molecule has 13 heteroatoms. The molecule has 2 fully saturated rings. The van der Waals surface area contributed by atoms with Crippen molar-refractivity contribution >= 4 is 36.4 Å². The van der Waals surface area contributed by atoms with Gasteiger partial charge in [-0.2, -0.15) is 0 Å². The third-order valence-corrected chi connectivity index (χ3v) is 7.44. The number of esters is 1. The Labute approximate surface area is 243 Å². The number of ketones is 1. The third-order valence-electron chi connectivity index (χ3n) is 7.44. The van der Waals surface area contributed by atoms with Gasteiger partial charge in [0.1, 0.15) is 18.2 Å². The molecule has 5 atom stereocenters. The topological polar surface area (TPSA) is 171 Å². The number of pyridine rings is 1. The van der Waals surface area contributed by atoms with Gasteiger partial charge in [0.15, 0.2) is 11.4 Å². The summed E-state index contributed by atoms with van der Waals surface area (Å²) in [7, 11) is 1.11. The number of methoxy groups -OCH3 is 1. The highest BCUT2D eigenvalue weighted by atomic mass is 16.8. The Balaban J connectivity index is 1.59. The number of ether oxygens (including phenoxy) is 1. The number of Topliss-reactive ketones (excluding diaryl/α,β-unsaturated/α-hetero) is 1. The fourth-order valence-corrected chi connectivity index (χ4v) is 5.59. The van der Waals surface area contributed by atoms with E-state index in [0.29, 0.717) is 5.69 Å². The molecule has 0 saturated carbocycles. The van der Waals surface area contributed by atoms with Crippen molar-refractivity contribution in [3.05, 3.63) is 54.2 Å². The van der Waals surface area contributed by atoms with E-state index in [1.807, 2.05) is 44.2 Å². The predicted octanol–water partition coefficient (Wildman–Crippen LogP) is 1.88. The predicted molar refractivity (Wildman–Crippen MR) is 150 cm³/mol. The highest BCUT2D eigenvalue weighted by molar-refractivity contribution is 6.66. The van der Waals surface area contributed by atoms with Crippen LogP contribution in [0, 0.1) is 5.92 Å². The lowest BCUT2D eigenvalue weighted by atomic mass is 9.55. The fourth-order valence-electron chi connectivity index (χ4n) is 5.59. The lowest BCUT2D eigenvalue weighted by Crippen LogP contribution is -2.71. The van der Waals surface area contributed by atoms with Gasteiger partial charge in [0.25, 0.3) is 11.9 Å². The highest BCUT2D eigenvalue weighted by Gasteiger charge is 2.65. The van der Waals surface area contributed by atoms with E-state index in [-0.39, 0.29) is 24.5 Å². The molecule has 12 nitrogen and oxygen atoms in total. The maximum atomic E-state index is 13.7. The van der Waals surface area contributed by atoms with E-state index in [2.05, 4.69) is 15.0 Å². The number of rotatable bonds is 11. The average molecular weight is 582 g/mol. The van der Waals surface area contributed by atoms with Crippen LogP contribution in [0.2, 0.25) is 5.82 Å². The summed E-state index contributed by atoms with van der Waals surface area (Å²) in [6, 6.07) is 12.8. The van der Waals surface area contributed by atoms with Crippen molar-refractivity contribution in [1.82, 2.24) is 10.3 Å². The number of hydrogen-bond acceptors (Lipinski definition) is 10. The molecular weight excluding hydrogens is 547 g/mol. The van der Waals surface area contributed by atoms with E-state index in [9.17, 15) is 29.1 Å². The molecule has 42 heavy (non-hydrogen) atoms. The van der Waals surface area contributed by atoms with E-state index in [1.54, 1.807) is 12.1 Å². The summed E-state index contributed by atoms with van der Waals surface area (Å²) in [5.74, 6) is -4.78. The number of aliphatic hydroxyl groups is 1. The van der Waals surface area contributed by atoms with Gasteiger partial charge in [0, 0.05) is 10.4 Å². The molecule has 1 aromatic carbocycles. The first-order chi connectivity index (χ1) is 19.9. The number of fused-ring (bicyclic) bond motifs is 2. The number of carbonyl (C=O) groups is 5. The molecule has 3 heterocycles. The van der Waals surface area contributed by atoms with Gasteiger partial charge >= 0.3 is 18.7 Å². The smallest absolute Gasteiger partial charge is 0.576 e. The van der Waals surface area contributed by atoms with E-state index in [0.717, 1.165) is 12.7 Å². The van der Waals surface area contributed by atoms with Crippen LogP contribution >= 0.6 is 0 Å². The van der Waals surface area contributed by atoms with Crippen molar-refractivity contribution in [3.8, 4) is 11.3 Å². The zero-order chi connectivity index (χ0) is 30.7. The van der Waals surface area contributed by atoms with E-state index >= 15 is 0 Å². The Bertz CT molecular complexity index is 1340. The van der Waals surface area contributed by atoms with Gasteiger partial charge in [-0.1, -0.05) is 56.7 Å². The molecule has 1 unspecified atom stereocenters. The Kier molecular flexibility index (Phi) is 9.12. The van der Waals surface area contributed by atoms with Gasteiger partial charge in [-0.15, -0.1) is 0 Å². The maximum absolute atomic E-state index is 13.7. The second-order valence-corrected chi connectivity index (χ2v) is 11.2. The van der Waals surface area contributed by atoms with Crippen LogP contribution in [0.5, 0.6) is 0 Å². The van der Waals surface area contributed by atoms with Gasteiger partial charge in [0.05, 0.1) is 25.3 Å². The molecule has 0 radical (unpaired) electrons. The SMILES string of the molecule is COC(=O)[C@@]12CC(=O)O[B-]([C@@H](CC(=O)[C@@H](NC(=O)c3cccc(-c4ccccc4)n3)[C@@H](C)O)CC(C)C)(O1)[OH+]C(=O)C2. The molecule has 2 aliphatic heterocycles. The van der Waals surface area contributed by atoms with Crippen molar-refractivity contribution in [3.63, 3.8) is 0 Å². The minimum absolute atomic E-state index is 0.0385. The summed E-state index contributed by atoms with van der Waals surface area (Å²) in [4.78, 5) is 69.4. The van der Waals surface area contributed by atoms with Crippen molar-refractivity contribution < 1.29 is 47.8 Å². The number of nitrogens with zero attached hydrogens (tertiary/aromatic N) is 1. The highest BCUT2D eigenvalue weighted by Crippen LogP contribution is 2.45. The molecule has 1 amide bonds. The molecule has 0 spiro atoms. The van der Waals surface area contributed by atoms with Crippen molar-refractivity contribution in [2.24, 2.45) is 5.92 Å². The van der Waals surface area contributed by atoms with Crippen molar-refractivity contribution in [1.29, 1.82) is 0 Å². The van der Waals surface area contributed by atoms with Gasteiger partial charge < -0.3 is 29.1 Å². The molecule has 4 rings (SSSR count). The maximum Gasteiger partial charge on any atom is 0.576 e. The van der Waals surface area contributed by atoms with Crippen LogP contribution in [0.4, 0.5) is 0 Å². The van der Waals surface area contributed by atoms with E-state index in [1.165, 1.54) is 13.0 Å². The number of aromatic nitrogens is 1. The quantitative estimate of drug-likeness (QED) is 0.226. The van der Waals surface area contributed by atoms with Crippen LogP contribution in [-0.2, 0) is 33.2 Å². The van der Waals surface area contributed by atoms with Crippen molar-refractivity contribution in [2.75, 3.05) is 7.11 Å². The average Bonchev–Trinajstić information content (AvgIpc) is 2.94. The molecule has 0 aliphatic carbocycles. The first-order valence-corrected chi connectivity index (χ1v) is 13.8. The van der Waals surface area contributed by atoms with Crippen LogP contribution < -0.4 is 5.32 Å². The molecule has 2 aliphatic rings. The summed E-state index contributed by atoms with van der Waals surface area (Å²) in [6.07, 6.45) is -2.51. The van der Waals surface area contributed by atoms with E-state index < -0.39 is 72.8 Å². The lowest BCUT2D eigenvalue weighted by molar-refractivity contribution is -0.209. The summed E-state index contributed by atoms with van der Waals surface area (Å²) >= 11 is 0. The number of hydrogen-bond donors (Lipinski definition) is 2. The van der Waals surface area contributed by atoms with Crippen LogP contribution in [-0.4, -0.2) is 76.0 Å². The van der Waals surface area contributed by atoms with Crippen LogP contribution in [0.3, 0.4) is 0 Å². The van der Waals surface area contributed by atoms with Gasteiger partial charge in [0.2, 0.25) is 0 Å². The number of carbonyl (C=O) groups excluding carboxylic acids is 4. The van der Waals surface area contributed by atoms with Crippen molar-refractivity contribution in [2.45, 2.75) is 70.0 Å². The Hall–Kier alpha value is -4.10. The van der Waals surface area contributed by atoms with Crippen LogP contribution in [0.1, 0.15) is 56.9 Å². The number of benzene rings is 1. The summed E-state index contributed by atoms with van der Waals surface area (Å²) in [6.45, 7) is 1.93. The van der Waals surface area contributed by atoms with Gasteiger partial charge in [-0.3, -0.25) is 14.4 Å². The fraction of sp³-hybridized carbons (Fsp3) is 0.448. The second-order valence-electron chi connectivity index (χ2n) is 11.2. The third kappa shape index (κ3) is 6.52. The van der Waals surface area contributed by atoms with E-state index in [4.69, 9.17) is 14.0 Å². The van der Waals surface area contributed by atoms with Gasteiger partial charge in [-0.25, -0.2) is 9.78 Å². The largest absolute Gasteiger partial charge is 0.718 e. The number of nitrogens with one attached hydrogen (secondary N) is 1. The molecule has 2 bridgehead atoms. The summed E-state index contributed by atoms with van der Waals surface area (Å²) in [5.41, 5.74) is -0.522. The summed E-state index contributed by atoms with van der Waals surface area (Å²) in [5, 5.41) is 13.1. The first kappa shape index (κ1) is 30.9. The number of amides is 1. The molecular formula is C29H35BN2O10. The second kappa shape index (κ2) is 12.4. The minimum atomic E-state index is -3.13. The minimum Gasteiger partial charge on any atom is -0.718 e. The number of aliphatic carboxylic acids is 1. The summed E-state index contributed by atoms with van der Waals surface area (Å²) < 4.78 is 20.5. The number of aliphatic hydroxyl groups excluding tert-OH is 1.